The third kappa shape index (κ3) is 3.68. The molecule has 0 spiro atoms. The molecule has 4 rings (SSSR count). The summed E-state index contributed by atoms with van der Waals surface area (Å²) >= 11 is 13.6. The van der Waals surface area contributed by atoms with Crippen LogP contribution in [0.15, 0.2) is 66.9 Å². The monoisotopic (exact) mass is 438 g/mol. The van der Waals surface area contributed by atoms with E-state index in [1.807, 2.05) is 36.4 Å². The number of aromatic nitrogens is 2. The van der Waals surface area contributed by atoms with Gasteiger partial charge in [-0.1, -0.05) is 53.5 Å². The fraction of sp³-hybridized carbons (Fsp3) is 0.0500. The van der Waals surface area contributed by atoms with Gasteiger partial charge >= 0.3 is 6.18 Å². The van der Waals surface area contributed by atoms with Crippen molar-refractivity contribution in [1.82, 2.24) is 9.55 Å². The number of thiophene rings is 1. The van der Waals surface area contributed by atoms with Crippen molar-refractivity contribution in [3.63, 3.8) is 0 Å². The molecular formula is C20H11Cl2F3N2S. The SMILES string of the molecule is FC(F)(F)c1cn(-c2cc(Cl)ccc2Cl)c(-c2ccc(-c3ccccc3)s2)n1. The Labute approximate surface area is 172 Å². The van der Waals surface area contributed by atoms with E-state index in [4.69, 9.17) is 23.2 Å². The van der Waals surface area contributed by atoms with E-state index in [-0.39, 0.29) is 10.8 Å². The van der Waals surface area contributed by atoms with Crippen LogP contribution in [0.4, 0.5) is 13.2 Å². The maximum absolute atomic E-state index is 13.3. The molecule has 0 radical (unpaired) electrons. The summed E-state index contributed by atoms with van der Waals surface area (Å²) in [5.41, 5.74) is 0.323. The molecule has 4 aromatic rings. The number of imidazole rings is 1. The highest BCUT2D eigenvalue weighted by molar-refractivity contribution is 7.18. The van der Waals surface area contributed by atoms with Crippen LogP contribution < -0.4 is 0 Å². The molecule has 0 N–H and O–H groups in total. The minimum absolute atomic E-state index is 0.156. The molecule has 0 aliphatic carbocycles. The summed E-state index contributed by atoms with van der Waals surface area (Å²) in [7, 11) is 0. The van der Waals surface area contributed by atoms with E-state index < -0.39 is 11.9 Å². The lowest BCUT2D eigenvalue weighted by Gasteiger charge is -2.09. The van der Waals surface area contributed by atoms with Gasteiger partial charge in [-0.15, -0.1) is 11.3 Å². The van der Waals surface area contributed by atoms with Gasteiger partial charge in [-0.3, -0.25) is 4.57 Å². The summed E-state index contributed by atoms with van der Waals surface area (Å²) < 4.78 is 41.3. The molecule has 2 aromatic heterocycles. The first-order valence-corrected chi connectivity index (χ1v) is 9.68. The van der Waals surface area contributed by atoms with Crippen molar-refractivity contribution in [2.75, 3.05) is 0 Å². The second-order valence-electron chi connectivity index (χ2n) is 5.94. The lowest BCUT2D eigenvalue weighted by Crippen LogP contribution is -2.05. The van der Waals surface area contributed by atoms with E-state index in [0.29, 0.717) is 15.6 Å². The molecule has 0 fully saturated rings. The smallest absolute Gasteiger partial charge is 0.297 e. The fourth-order valence-corrected chi connectivity index (χ4v) is 4.13. The standard InChI is InChI=1S/C20H11Cl2F3N2S/c21-13-6-7-14(22)15(10-13)27-11-18(20(23,24)25)26-19(27)17-9-8-16(28-17)12-4-2-1-3-5-12/h1-11H. The van der Waals surface area contributed by atoms with Gasteiger partial charge in [0.25, 0.3) is 0 Å². The highest BCUT2D eigenvalue weighted by Gasteiger charge is 2.35. The predicted octanol–water partition coefficient (Wildman–Crippen LogP) is 7.59. The van der Waals surface area contributed by atoms with Crippen LogP contribution in [0.5, 0.6) is 0 Å². The first kappa shape index (κ1) is 19.1. The van der Waals surface area contributed by atoms with Crippen molar-refractivity contribution in [2.24, 2.45) is 0 Å². The molecular weight excluding hydrogens is 428 g/mol. The van der Waals surface area contributed by atoms with Crippen molar-refractivity contribution in [3.05, 3.63) is 82.6 Å². The van der Waals surface area contributed by atoms with E-state index in [1.54, 1.807) is 18.2 Å². The summed E-state index contributed by atoms with van der Waals surface area (Å²) in [5.74, 6) is 0.156. The van der Waals surface area contributed by atoms with E-state index >= 15 is 0 Å². The molecule has 0 saturated carbocycles. The number of nitrogens with zero attached hydrogens (tertiary/aromatic N) is 2. The lowest BCUT2D eigenvalue weighted by atomic mass is 10.2. The summed E-state index contributed by atoms with van der Waals surface area (Å²) in [6, 6.07) is 17.8. The van der Waals surface area contributed by atoms with Crippen LogP contribution in [-0.4, -0.2) is 9.55 Å². The minimum Gasteiger partial charge on any atom is -0.297 e. The van der Waals surface area contributed by atoms with Crippen LogP contribution in [0.3, 0.4) is 0 Å². The van der Waals surface area contributed by atoms with Gasteiger partial charge in [0.2, 0.25) is 0 Å². The van der Waals surface area contributed by atoms with Crippen molar-refractivity contribution in [1.29, 1.82) is 0 Å². The highest BCUT2D eigenvalue weighted by atomic mass is 35.5. The predicted molar refractivity (Wildman–Crippen MR) is 107 cm³/mol. The Kier molecular flexibility index (Phi) is 4.95. The van der Waals surface area contributed by atoms with Crippen LogP contribution in [-0.2, 0) is 6.18 Å². The number of hydrogen-bond donors (Lipinski definition) is 0. The Hall–Kier alpha value is -2.28. The maximum Gasteiger partial charge on any atom is 0.434 e. The van der Waals surface area contributed by atoms with E-state index in [1.165, 1.54) is 22.0 Å². The maximum atomic E-state index is 13.3. The van der Waals surface area contributed by atoms with Gasteiger partial charge in [-0.2, -0.15) is 13.2 Å². The van der Waals surface area contributed by atoms with E-state index in [9.17, 15) is 13.2 Å². The molecule has 2 heterocycles. The molecule has 0 aliphatic rings. The molecule has 0 aliphatic heterocycles. The summed E-state index contributed by atoms with van der Waals surface area (Å²) in [6.45, 7) is 0. The normalized spacial score (nSPS) is 11.8. The van der Waals surface area contributed by atoms with Crippen LogP contribution in [0.2, 0.25) is 10.0 Å². The summed E-state index contributed by atoms with van der Waals surface area (Å²) in [6.07, 6.45) is -3.64. The lowest BCUT2D eigenvalue weighted by molar-refractivity contribution is -0.140. The number of benzene rings is 2. The Balaban J connectivity index is 1.88. The zero-order valence-electron chi connectivity index (χ0n) is 14.0. The molecule has 142 valence electrons. The first-order chi connectivity index (χ1) is 13.3. The fourth-order valence-electron chi connectivity index (χ4n) is 2.76. The average molecular weight is 439 g/mol. The molecule has 8 heteroatoms. The Morgan fingerprint density at radius 1 is 0.893 bits per heavy atom. The second kappa shape index (κ2) is 7.28. The molecule has 0 amide bonds. The zero-order chi connectivity index (χ0) is 19.9. The molecule has 2 aromatic carbocycles. The number of hydrogen-bond acceptors (Lipinski definition) is 2. The van der Waals surface area contributed by atoms with Gasteiger partial charge in [0.15, 0.2) is 11.5 Å². The van der Waals surface area contributed by atoms with Crippen molar-refractivity contribution in [2.45, 2.75) is 6.18 Å². The van der Waals surface area contributed by atoms with Crippen LogP contribution >= 0.6 is 34.5 Å². The van der Waals surface area contributed by atoms with Gasteiger partial charge in [-0.05, 0) is 35.9 Å². The van der Waals surface area contributed by atoms with Crippen molar-refractivity contribution < 1.29 is 13.2 Å². The number of alkyl halides is 3. The van der Waals surface area contributed by atoms with Gasteiger partial charge in [0.1, 0.15) is 0 Å². The zero-order valence-corrected chi connectivity index (χ0v) is 16.4. The van der Waals surface area contributed by atoms with Gasteiger partial charge in [-0.25, -0.2) is 4.98 Å². The Morgan fingerprint density at radius 2 is 1.61 bits per heavy atom. The summed E-state index contributed by atoms with van der Waals surface area (Å²) in [4.78, 5) is 5.37. The van der Waals surface area contributed by atoms with Gasteiger partial charge < -0.3 is 0 Å². The van der Waals surface area contributed by atoms with Gasteiger partial charge in [0, 0.05) is 16.1 Å². The largest absolute Gasteiger partial charge is 0.434 e. The molecule has 0 atom stereocenters. The average Bonchev–Trinajstić information content (AvgIpc) is 3.31. The van der Waals surface area contributed by atoms with Crippen LogP contribution in [0.25, 0.3) is 26.8 Å². The van der Waals surface area contributed by atoms with Crippen LogP contribution in [0.1, 0.15) is 5.69 Å². The van der Waals surface area contributed by atoms with Gasteiger partial charge in [0.05, 0.1) is 15.6 Å². The van der Waals surface area contributed by atoms with Crippen LogP contribution in [0, 0.1) is 0 Å². The van der Waals surface area contributed by atoms with Crippen molar-refractivity contribution in [3.8, 4) is 26.8 Å². The third-order valence-electron chi connectivity index (χ3n) is 4.05. The molecule has 0 saturated heterocycles. The number of rotatable bonds is 3. The Morgan fingerprint density at radius 3 is 2.32 bits per heavy atom. The molecule has 0 bridgehead atoms. The second-order valence-corrected chi connectivity index (χ2v) is 7.87. The quantitative estimate of drug-likeness (QED) is 0.322. The third-order valence-corrected chi connectivity index (χ3v) is 5.73. The molecule has 0 unspecified atom stereocenters. The Bertz CT molecular complexity index is 1130. The first-order valence-electron chi connectivity index (χ1n) is 8.10. The molecule has 28 heavy (non-hydrogen) atoms. The summed E-state index contributed by atoms with van der Waals surface area (Å²) in [5, 5.41) is 0.639. The van der Waals surface area contributed by atoms with E-state index in [0.717, 1.165) is 16.6 Å². The highest BCUT2D eigenvalue weighted by Crippen LogP contribution is 2.39. The van der Waals surface area contributed by atoms with Crippen molar-refractivity contribution >= 4 is 34.5 Å². The topological polar surface area (TPSA) is 17.8 Å². The van der Waals surface area contributed by atoms with E-state index in [2.05, 4.69) is 4.98 Å². The minimum atomic E-state index is -4.58. The number of halogens is 5. The molecule has 2 nitrogen and oxygen atoms in total.